The van der Waals surface area contributed by atoms with Crippen LogP contribution in [0.15, 0.2) is 41.0 Å². The number of para-hydroxylation sites is 1. The highest BCUT2D eigenvalue weighted by atomic mass is 79.9. The molecule has 0 N–H and O–H groups in total. The zero-order valence-corrected chi connectivity index (χ0v) is 12.2. The molecule has 0 saturated carbocycles. The molecule has 0 atom stereocenters. The third-order valence-electron chi connectivity index (χ3n) is 2.69. The molecule has 3 nitrogen and oxygen atoms in total. The summed E-state index contributed by atoms with van der Waals surface area (Å²) in [6.45, 7) is 2.13. The number of benzene rings is 1. The fourth-order valence-corrected chi connectivity index (χ4v) is 2.15. The van der Waals surface area contributed by atoms with Gasteiger partial charge >= 0.3 is 0 Å². The van der Waals surface area contributed by atoms with Crippen LogP contribution in [-0.2, 0) is 6.42 Å². The van der Waals surface area contributed by atoms with Gasteiger partial charge < -0.3 is 4.90 Å². The Balaban J connectivity index is 2.33. The first kappa shape index (κ1) is 13.0. The number of nitrogens with zero attached hydrogens (tertiary/aromatic N) is 3. The molecule has 1 aromatic heterocycles. The minimum atomic E-state index is 0.832. The van der Waals surface area contributed by atoms with Gasteiger partial charge in [-0.05, 0) is 34.5 Å². The van der Waals surface area contributed by atoms with Crippen molar-refractivity contribution in [3.8, 4) is 0 Å². The second kappa shape index (κ2) is 5.96. The average molecular weight is 306 g/mol. The van der Waals surface area contributed by atoms with E-state index in [-0.39, 0.29) is 0 Å². The molecule has 4 heteroatoms. The van der Waals surface area contributed by atoms with Gasteiger partial charge in [0.25, 0.3) is 0 Å². The fraction of sp³-hybridized carbons (Fsp3) is 0.286. The van der Waals surface area contributed by atoms with E-state index >= 15 is 0 Å². The molecule has 0 bridgehead atoms. The largest absolute Gasteiger partial charge is 0.329 e. The molecule has 2 rings (SSSR count). The van der Waals surface area contributed by atoms with Crippen LogP contribution in [0.2, 0.25) is 0 Å². The maximum atomic E-state index is 4.58. The van der Waals surface area contributed by atoms with Crippen LogP contribution in [0.25, 0.3) is 0 Å². The van der Waals surface area contributed by atoms with Crippen LogP contribution < -0.4 is 4.90 Å². The Kier molecular flexibility index (Phi) is 4.31. The monoisotopic (exact) mass is 305 g/mol. The summed E-state index contributed by atoms with van der Waals surface area (Å²) in [6, 6.07) is 12.1. The van der Waals surface area contributed by atoms with E-state index in [4.69, 9.17) is 0 Å². The highest BCUT2D eigenvalue weighted by Crippen LogP contribution is 2.23. The van der Waals surface area contributed by atoms with Gasteiger partial charge in [0, 0.05) is 25.2 Å². The maximum absolute atomic E-state index is 4.58. The summed E-state index contributed by atoms with van der Waals surface area (Å²) >= 11 is 3.45. The SMILES string of the molecule is CCCc1nc(Br)cc(N(C)c2ccccc2)n1. The number of anilines is 2. The van der Waals surface area contributed by atoms with E-state index in [2.05, 4.69) is 49.9 Å². The van der Waals surface area contributed by atoms with E-state index in [0.717, 1.165) is 34.8 Å². The molecular weight excluding hydrogens is 290 g/mol. The summed E-state index contributed by atoms with van der Waals surface area (Å²) < 4.78 is 0.832. The van der Waals surface area contributed by atoms with Gasteiger partial charge in [0.05, 0.1) is 0 Å². The molecule has 2 aromatic rings. The molecule has 0 spiro atoms. The van der Waals surface area contributed by atoms with E-state index in [9.17, 15) is 0 Å². The second-order valence-corrected chi connectivity index (χ2v) is 4.92. The Labute approximate surface area is 116 Å². The molecule has 0 saturated heterocycles. The normalized spacial score (nSPS) is 10.4. The van der Waals surface area contributed by atoms with E-state index < -0.39 is 0 Å². The first-order chi connectivity index (χ1) is 8.70. The standard InChI is InChI=1S/C14H16BrN3/c1-3-7-13-16-12(15)10-14(17-13)18(2)11-8-5-4-6-9-11/h4-6,8-10H,3,7H2,1-2H3. The van der Waals surface area contributed by atoms with Crippen molar-refractivity contribution in [1.82, 2.24) is 9.97 Å². The highest BCUT2D eigenvalue weighted by molar-refractivity contribution is 9.10. The molecule has 18 heavy (non-hydrogen) atoms. The summed E-state index contributed by atoms with van der Waals surface area (Å²) in [4.78, 5) is 11.0. The number of aryl methyl sites for hydroxylation is 1. The highest BCUT2D eigenvalue weighted by Gasteiger charge is 2.08. The Morgan fingerprint density at radius 1 is 1.17 bits per heavy atom. The van der Waals surface area contributed by atoms with E-state index in [1.807, 2.05) is 31.3 Å². The van der Waals surface area contributed by atoms with Gasteiger partial charge in [0.2, 0.25) is 0 Å². The number of hydrogen-bond donors (Lipinski definition) is 0. The minimum absolute atomic E-state index is 0.832. The van der Waals surface area contributed by atoms with Crippen molar-refractivity contribution in [1.29, 1.82) is 0 Å². The van der Waals surface area contributed by atoms with Crippen LogP contribution in [-0.4, -0.2) is 17.0 Å². The van der Waals surface area contributed by atoms with Gasteiger partial charge in [-0.1, -0.05) is 25.1 Å². The van der Waals surface area contributed by atoms with Gasteiger partial charge in [0.15, 0.2) is 0 Å². The summed E-state index contributed by atoms with van der Waals surface area (Å²) in [5.74, 6) is 1.79. The van der Waals surface area contributed by atoms with Crippen molar-refractivity contribution in [3.63, 3.8) is 0 Å². The van der Waals surface area contributed by atoms with Crippen molar-refractivity contribution in [3.05, 3.63) is 46.8 Å². The molecule has 0 radical (unpaired) electrons. The van der Waals surface area contributed by atoms with Gasteiger partial charge in [-0.25, -0.2) is 9.97 Å². The Morgan fingerprint density at radius 2 is 1.89 bits per heavy atom. The van der Waals surface area contributed by atoms with Crippen molar-refractivity contribution in [2.24, 2.45) is 0 Å². The lowest BCUT2D eigenvalue weighted by molar-refractivity contribution is 0.825. The fourth-order valence-electron chi connectivity index (χ4n) is 1.74. The van der Waals surface area contributed by atoms with Crippen molar-refractivity contribution >= 4 is 27.4 Å². The minimum Gasteiger partial charge on any atom is -0.329 e. The van der Waals surface area contributed by atoms with Gasteiger partial charge in [-0.3, -0.25) is 0 Å². The Hall–Kier alpha value is -1.42. The molecule has 0 aliphatic rings. The summed E-state index contributed by atoms with van der Waals surface area (Å²) in [7, 11) is 2.01. The molecule has 0 unspecified atom stereocenters. The molecule has 0 aliphatic heterocycles. The van der Waals surface area contributed by atoms with Gasteiger partial charge in [-0.15, -0.1) is 0 Å². The quantitative estimate of drug-likeness (QED) is 0.801. The third-order valence-corrected chi connectivity index (χ3v) is 3.09. The molecule has 94 valence electrons. The molecular formula is C14H16BrN3. The lowest BCUT2D eigenvalue weighted by Crippen LogP contribution is -2.12. The topological polar surface area (TPSA) is 29.0 Å². The molecule has 1 aromatic carbocycles. The van der Waals surface area contributed by atoms with Crippen molar-refractivity contribution in [2.75, 3.05) is 11.9 Å². The van der Waals surface area contributed by atoms with Crippen molar-refractivity contribution < 1.29 is 0 Å². The van der Waals surface area contributed by atoms with Crippen LogP contribution >= 0.6 is 15.9 Å². The number of rotatable bonds is 4. The van der Waals surface area contributed by atoms with E-state index in [0.29, 0.717) is 0 Å². The van der Waals surface area contributed by atoms with Crippen LogP contribution in [0, 0.1) is 0 Å². The predicted octanol–water partition coefficient (Wildman–Crippen LogP) is 3.96. The van der Waals surface area contributed by atoms with E-state index in [1.165, 1.54) is 0 Å². The molecule has 1 heterocycles. The average Bonchev–Trinajstić information content (AvgIpc) is 2.38. The Morgan fingerprint density at radius 3 is 2.56 bits per heavy atom. The van der Waals surface area contributed by atoms with Crippen LogP contribution in [0.3, 0.4) is 0 Å². The number of aromatic nitrogens is 2. The van der Waals surface area contributed by atoms with Crippen LogP contribution in [0.1, 0.15) is 19.2 Å². The van der Waals surface area contributed by atoms with E-state index in [1.54, 1.807) is 0 Å². The maximum Gasteiger partial charge on any atom is 0.137 e. The molecule has 0 aliphatic carbocycles. The number of hydrogen-bond acceptors (Lipinski definition) is 3. The second-order valence-electron chi connectivity index (χ2n) is 4.11. The lowest BCUT2D eigenvalue weighted by atomic mass is 10.3. The van der Waals surface area contributed by atoms with Crippen molar-refractivity contribution in [2.45, 2.75) is 19.8 Å². The zero-order chi connectivity index (χ0) is 13.0. The Bertz CT molecular complexity index is 514. The van der Waals surface area contributed by atoms with Crippen LogP contribution in [0.4, 0.5) is 11.5 Å². The van der Waals surface area contributed by atoms with Crippen LogP contribution in [0.5, 0.6) is 0 Å². The van der Waals surface area contributed by atoms with Gasteiger partial charge in [0.1, 0.15) is 16.2 Å². The first-order valence-corrected chi connectivity index (χ1v) is 6.82. The summed E-state index contributed by atoms with van der Waals surface area (Å²) in [5, 5.41) is 0. The zero-order valence-electron chi connectivity index (χ0n) is 10.6. The molecule has 0 fully saturated rings. The first-order valence-electron chi connectivity index (χ1n) is 6.03. The molecule has 0 amide bonds. The lowest BCUT2D eigenvalue weighted by Gasteiger charge is -2.18. The smallest absolute Gasteiger partial charge is 0.137 e. The third kappa shape index (κ3) is 3.07. The summed E-state index contributed by atoms with van der Waals surface area (Å²) in [5.41, 5.74) is 1.12. The summed E-state index contributed by atoms with van der Waals surface area (Å²) in [6.07, 6.45) is 1.94. The van der Waals surface area contributed by atoms with Gasteiger partial charge in [-0.2, -0.15) is 0 Å². The predicted molar refractivity (Wildman–Crippen MR) is 78.2 cm³/mol. The number of halogens is 1.